The minimum atomic E-state index is -0.785. The molecule has 0 bridgehead atoms. The Morgan fingerprint density at radius 2 is 2.26 bits per heavy atom. The minimum Gasteiger partial charge on any atom is -0.507 e. The summed E-state index contributed by atoms with van der Waals surface area (Å²) in [7, 11) is 0. The van der Waals surface area contributed by atoms with Crippen molar-refractivity contribution in [3.8, 4) is 0 Å². The lowest BCUT2D eigenvalue weighted by atomic mass is 10.1. The molecule has 0 spiro atoms. The van der Waals surface area contributed by atoms with Crippen LogP contribution in [-0.4, -0.2) is 23.6 Å². The fraction of sp³-hybridized carbons (Fsp3) is 0.231. The molecule has 1 aromatic rings. The Morgan fingerprint density at radius 3 is 2.95 bits per heavy atom. The number of ether oxygens (including phenoxy) is 1. The zero-order valence-corrected chi connectivity index (χ0v) is 10.2. The number of esters is 1. The summed E-state index contributed by atoms with van der Waals surface area (Å²) in [6, 6.07) is 3.53. The van der Waals surface area contributed by atoms with Crippen LogP contribution in [0.15, 0.2) is 23.8 Å². The van der Waals surface area contributed by atoms with Crippen LogP contribution in [0.5, 0.6) is 0 Å². The molecule has 0 saturated carbocycles. The van der Waals surface area contributed by atoms with Gasteiger partial charge in [0.25, 0.3) is 0 Å². The molecule has 1 heterocycles. The molecular weight excluding hydrogens is 253 g/mol. The van der Waals surface area contributed by atoms with Crippen molar-refractivity contribution >= 4 is 23.3 Å². The number of carbonyl (C=O) groups excluding carboxylic acids is 2. The highest BCUT2D eigenvalue weighted by Crippen LogP contribution is 2.30. The number of aliphatic hydroxyl groups excluding tert-OH is 1. The quantitative estimate of drug-likeness (QED) is 0.802. The van der Waals surface area contributed by atoms with Gasteiger partial charge in [0.15, 0.2) is 0 Å². The molecule has 0 fully saturated rings. The van der Waals surface area contributed by atoms with E-state index >= 15 is 0 Å². The summed E-state index contributed by atoms with van der Waals surface area (Å²) in [6.45, 7) is 1.73. The van der Waals surface area contributed by atoms with Gasteiger partial charge in [-0.25, -0.2) is 9.18 Å². The van der Waals surface area contributed by atoms with E-state index in [-0.39, 0.29) is 29.9 Å². The number of fused-ring (bicyclic) bond motifs is 1. The average Bonchev–Trinajstić information content (AvgIpc) is 2.48. The average molecular weight is 265 g/mol. The maximum absolute atomic E-state index is 13.2. The molecular formula is C13H12FNO4. The van der Waals surface area contributed by atoms with Crippen LogP contribution >= 0.6 is 0 Å². The largest absolute Gasteiger partial charge is 0.507 e. The number of carbonyl (C=O) groups is 2. The van der Waals surface area contributed by atoms with Crippen molar-refractivity contribution < 1.29 is 23.8 Å². The van der Waals surface area contributed by atoms with E-state index in [0.717, 1.165) is 12.1 Å². The Labute approximate surface area is 108 Å². The van der Waals surface area contributed by atoms with E-state index in [4.69, 9.17) is 4.74 Å². The van der Waals surface area contributed by atoms with Gasteiger partial charge in [0, 0.05) is 5.56 Å². The molecule has 0 aliphatic carbocycles. The summed E-state index contributed by atoms with van der Waals surface area (Å²) in [5.41, 5.74) is 0.140. The van der Waals surface area contributed by atoms with Crippen LogP contribution < -0.4 is 5.32 Å². The lowest BCUT2D eigenvalue weighted by Gasteiger charge is -2.08. The number of nitrogens with one attached hydrogen (secondary N) is 1. The van der Waals surface area contributed by atoms with Gasteiger partial charge in [0.05, 0.1) is 24.3 Å². The maximum Gasteiger partial charge on any atom is 0.338 e. The summed E-state index contributed by atoms with van der Waals surface area (Å²) < 4.78 is 18.0. The summed E-state index contributed by atoms with van der Waals surface area (Å²) in [5, 5.41) is 12.6. The first-order chi connectivity index (χ1) is 9.02. The predicted octanol–water partition coefficient (Wildman–Crippen LogP) is 2.00. The smallest absolute Gasteiger partial charge is 0.338 e. The second kappa shape index (κ2) is 5.09. The third kappa shape index (κ3) is 2.57. The molecule has 5 nitrogen and oxygen atoms in total. The highest BCUT2D eigenvalue weighted by molar-refractivity contribution is 6.08. The minimum absolute atomic E-state index is 0.0638. The zero-order valence-electron chi connectivity index (χ0n) is 10.2. The Balaban J connectivity index is 2.55. The topological polar surface area (TPSA) is 75.6 Å². The Kier molecular flexibility index (Phi) is 3.50. The van der Waals surface area contributed by atoms with Crippen molar-refractivity contribution in [2.45, 2.75) is 13.3 Å². The summed E-state index contributed by atoms with van der Waals surface area (Å²) in [4.78, 5) is 23.3. The number of amides is 1. The molecule has 0 saturated heterocycles. The molecule has 1 aliphatic rings. The van der Waals surface area contributed by atoms with Crippen molar-refractivity contribution in [1.29, 1.82) is 0 Å². The molecule has 0 radical (unpaired) electrons. The molecule has 2 rings (SSSR count). The molecule has 6 heteroatoms. The summed E-state index contributed by atoms with van der Waals surface area (Å²) >= 11 is 0. The van der Waals surface area contributed by atoms with E-state index in [1.54, 1.807) is 6.92 Å². The van der Waals surface area contributed by atoms with Crippen molar-refractivity contribution in [3.63, 3.8) is 0 Å². The van der Waals surface area contributed by atoms with Crippen molar-refractivity contribution in [2.24, 2.45) is 0 Å². The Morgan fingerprint density at radius 1 is 1.53 bits per heavy atom. The van der Waals surface area contributed by atoms with E-state index in [1.807, 2.05) is 0 Å². The number of hydrogen-bond acceptors (Lipinski definition) is 4. The van der Waals surface area contributed by atoms with Gasteiger partial charge >= 0.3 is 5.97 Å². The van der Waals surface area contributed by atoms with Crippen LogP contribution in [0.4, 0.5) is 10.1 Å². The number of anilines is 1. The molecule has 0 atom stereocenters. The molecule has 1 aliphatic heterocycles. The first-order valence-electron chi connectivity index (χ1n) is 5.72. The van der Waals surface area contributed by atoms with Crippen molar-refractivity contribution in [2.75, 3.05) is 11.9 Å². The van der Waals surface area contributed by atoms with Crippen molar-refractivity contribution in [3.05, 3.63) is 35.2 Å². The molecule has 1 amide bonds. The van der Waals surface area contributed by atoms with E-state index in [9.17, 15) is 19.1 Å². The second-order valence-corrected chi connectivity index (χ2v) is 3.96. The standard InChI is InChI=1S/C13H12FNO4/c1-2-19-13(18)9-6-11(16)15-10-4-3-7(14)5-8(10)12(9)17/h3-5,17H,2,6H2,1H3,(H,15,16). The highest BCUT2D eigenvalue weighted by atomic mass is 19.1. The lowest BCUT2D eigenvalue weighted by molar-refractivity contribution is -0.139. The van der Waals surface area contributed by atoms with Gasteiger partial charge in [-0.05, 0) is 25.1 Å². The van der Waals surface area contributed by atoms with Gasteiger partial charge in [-0.15, -0.1) is 0 Å². The van der Waals surface area contributed by atoms with Gasteiger partial charge in [-0.1, -0.05) is 0 Å². The Hall–Kier alpha value is -2.37. The highest BCUT2D eigenvalue weighted by Gasteiger charge is 2.26. The maximum atomic E-state index is 13.2. The van der Waals surface area contributed by atoms with Gasteiger partial charge < -0.3 is 15.2 Å². The van der Waals surface area contributed by atoms with E-state index in [2.05, 4.69) is 5.32 Å². The molecule has 0 aromatic heterocycles. The summed E-state index contributed by atoms with van der Waals surface area (Å²) in [5.74, 6) is -2.27. The first-order valence-corrected chi connectivity index (χ1v) is 5.72. The molecule has 0 unspecified atom stereocenters. The fourth-order valence-electron chi connectivity index (χ4n) is 1.81. The molecule has 19 heavy (non-hydrogen) atoms. The van der Waals surface area contributed by atoms with Crippen LogP contribution in [0.3, 0.4) is 0 Å². The van der Waals surface area contributed by atoms with Crippen LogP contribution in [0.2, 0.25) is 0 Å². The first kappa shape index (κ1) is 13.1. The van der Waals surface area contributed by atoms with Crippen LogP contribution in [-0.2, 0) is 14.3 Å². The van der Waals surface area contributed by atoms with Gasteiger partial charge in [0.2, 0.25) is 5.91 Å². The van der Waals surface area contributed by atoms with Crippen LogP contribution in [0.1, 0.15) is 18.9 Å². The van der Waals surface area contributed by atoms with E-state index in [1.165, 1.54) is 6.07 Å². The lowest BCUT2D eigenvalue weighted by Crippen LogP contribution is -2.15. The van der Waals surface area contributed by atoms with Crippen molar-refractivity contribution in [1.82, 2.24) is 0 Å². The monoisotopic (exact) mass is 265 g/mol. The Bertz CT molecular complexity index is 580. The third-order valence-corrected chi connectivity index (χ3v) is 2.66. The van der Waals surface area contributed by atoms with E-state index < -0.39 is 23.5 Å². The van der Waals surface area contributed by atoms with Gasteiger partial charge in [-0.3, -0.25) is 4.79 Å². The van der Waals surface area contributed by atoms with E-state index in [0.29, 0.717) is 0 Å². The second-order valence-electron chi connectivity index (χ2n) is 3.96. The van der Waals surface area contributed by atoms with Crippen LogP contribution in [0, 0.1) is 5.82 Å². The number of hydrogen-bond donors (Lipinski definition) is 2. The third-order valence-electron chi connectivity index (χ3n) is 2.66. The fourth-order valence-corrected chi connectivity index (χ4v) is 1.81. The van der Waals surface area contributed by atoms with Gasteiger partial charge in [-0.2, -0.15) is 0 Å². The van der Waals surface area contributed by atoms with Gasteiger partial charge in [0.1, 0.15) is 11.6 Å². The predicted molar refractivity (Wildman–Crippen MR) is 65.8 cm³/mol. The molecule has 1 aromatic carbocycles. The number of halogens is 1. The number of benzene rings is 1. The number of aliphatic hydroxyl groups is 1. The molecule has 100 valence electrons. The zero-order chi connectivity index (χ0) is 14.0. The molecule has 2 N–H and O–H groups in total. The van der Waals surface area contributed by atoms with Crippen LogP contribution in [0.25, 0.3) is 5.76 Å². The SMILES string of the molecule is CCOC(=O)C1=C(O)c2cc(F)ccc2NC(=O)C1. The number of rotatable bonds is 2. The normalized spacial score (nSPS) is 14.5. The summed E-state index contributed by atoms with van der Waals surface area (Å²) in [6.07, 6.45) is -0.318.